The molecular weight excluding hydrogens is 414 g/mol. The minimum Gasteiger partial charge on any atom is -0.465 e. The Morgan fingerprint density at radius 1 is 1.26 bits per heavy atom. The lowest BCUT2D eigenvalue weighted by Gasteiger charge is -2.14. The van der Waals surface area contributed by atoms with Crippen LogP contribution in [0.2, 0.25) is 0 Å². The van der Waals surface area contributed by atoms with Gasteiger partial charge in [-0.3, -0.25) is 10.1 Å². The molecule has 8 heteroatoms. The number of methoxy groups -OCH3 is 1. The van der Waals surface area contributed by atoms with E-state index in [9.17, 15) is 9.59 Å². The molecule has 3 heterocycles. The Hall–Kier alpha value is -2.97. The lowest BCUT2D eigenvalue weighted by Crippen LogP contribution is -2.16. The quantitative estimate of drug-likeness (QED) is 0.574. The fourth-order valence-corrected chi connectivity index (χ4v) is 4.54. The summed E-state index contributed by atoms with van der Waals surface area (Å²) in [6.45, 7) is 5.89. The van der Waals surface area contributed by atoms with E-state index >= 15 is 0 Å². The number of rotatable bonds is 6. The van der Waals surface area contributed by atoms with Crippen molar-refractivity contribution >= 4 is 28.3 Å². The maximum absolute atomic E-state index is 12.6. The molecule has 0 spiro atoms. The highest BCUT2D eigenvalue weighted by molar-refractivity contribution is 7.14. The molecule has 1 N–H and O–H groups in total. The number of esters is 1. The first-order valence-electron chi connectivity index (χ1n) is 10.2. The normalized spacial score (nSPS) is 15.8. The highest BCUT2D eigenvalue weighted by Crippen LogP contribution is 2.31. The predicted octanol–water partition coefficient (Wildman–Crippen LogP) is 4.45. The van der Waals surface area contributed by atoms with E-state index in [1.54, 1.807) is 24.3 Å². The Morgan fingerprint density at radius 3 is 2.68 bits per heavy atom. The molecule has 2 aromatic heterocycles. The van der Waals surface area contributed by atoms with Gasteiger partial charge >= 0.3 is 5.97 Å². The van der Waals surface area contributed by atoms with E-state index in [4.69, 9.17) is 4.74 Å². The van der Waals surface area contributed by atoms with Crippen LogP contribution in [0.1, 0.15) is 44.9 Å². The summed E-state index contributed by atoms with van der Waals surface area (Å²) in [5.41, 5.74) is 5.07. The van der Waals surface area contributed by atoms with Gasteiger partial charge in [0.15, 0.2) is 5.13 Å². The van der Waals surface area contributed by atoms with Gasteiger partial charge in [-0.05, 0) is 57.0 Å². The predicted molar refractivity (Wildman–Crippen MR) is 120 cm³/mol. The summed E-state index contributed by atoms with van der Waals surface area (Å²) in [5.74, 6) is -0.713. The number of carbonyl (C=O) groups is 2. The molecule has 1 saturated heterocycles. The minimum absolute atomic E-state index is 0.272. The second kappa shape index (κ2) is 9.03. The lowest BCUT2D eigenvalue weighted by atomic mass is 10.1. The summed E-state index contributed by atoms with van der Waals surface area (Å²) in [4.78, 5) is 28.7. The van der Waals surface area contributed by atoms with Gasteiger partial charge in [0, 0.05) is 41.0 Å². The number of hydrogen-bond donors (Lipinski definition) is 1. The van der Waals surface area contributed by atoms with Crippen molar-refractivity contribution in [2.45, 2.75) is 39.3 Å². The molecule has 4 rings (SSSR count). The number of aromatic nitrogens is 2. The Kier molecular flexibility index (Phi) is 6.20. The highest BCUT2D eigenvalue weighted by atomic mass is 32.1. The fraction of sp³-hybridized carbons (Fsp3) is 0.348. The molecule has 0 aliphatic carbocycles. The van der Waals surface area contributed by atoms with Crippen molar-refractivity contribution in [3.63, 3.8) is 0 Å². The Balaban J connectivity index is 1.47. The molecule has 1 aliphatic rings. The number of anilines is 1. The van der Waals surface area contributed by atoms with Crippen molar-refractivity contribution in [1.29, 1.82) is 0 Å². The molecule has 7 nitrogen and oxygen atoms in total. The molecule has 3 aromatic rings. The average Bonchev–Trinajstić information content (AvgIpc) is 3.51. The smallest absolute Gasteiger partial charge is 0.337 e. The van der Waals surface area contributed by atoms with Crippen LogP contribution in [-0.2, 0) is 16.0 Å². The van der Waals surface area contributed by atoms with Crippen molar-refractivity contribution in [2.24, 2.45) is 0 Å². The maximum atomic E-state index is 12.6. The third kappa shape index (κ3) is 4.55. The molecule has 0 bridgehead atoms. The Bertz CT molecular complexity index is 1090. The largest absolute Gasteiger partial charge is 0.465 e. The number of nitrogens with one attached hydrogen (secondary N) is 1. The SMILES string of the molecule is COC(=O)c1ccc(C(=O)Nc2nc(-c3cc(C)n(C[C@H]4CCCO4)c3C)cs2)cc1. The van der Waals surface area contributed by atoms with Gasteiger partial charge < -0.3 is 14.0 Å². The van der Waals surface area contributed by atoms with Crippen molar-refractivity contribution in [3.05, 3.63) is 58.2 Å². The average molecular weight is 440 g/mol. The first-order valence-corrected chi connectivity index (χ1v) is 11.1. The molecule has 1 atom stereocenters. The van der Waals surface area contributed by atoms with Crippen molar-refractivity contribution in [3.8, 4) is 11.3 Å². The van der Waals surface area contributed by atoms with Crippen LogP contribution in [0.15, 0.2) is 35.7 Å². The molecule has 0 radical (unpaired) electrons. The summed E-state index contributed by atoms with van der Waals surface area (Å²) >= 11 is 1.38. The van der Waals surface area contributed by atoms with E-state index in [1.165, 1.54) is 24.1 Å². The molecule has 1 aliphatic heterocycles. The topological polar surface area (TPSA) is 82.5 Å². The number of carbonyl (C=O) groups excluding carboxylic acids is 2. The number of hydrogen-bond acceptors (Lipinski definition) is 6. The van der Waals surface area contributed by atoms with Crippen LogP contribution in [0.4, 0.5) is 5.13 Å². The van der Waals surface area contributed by atoms with Crippen molar-refractivity contribution < 1.29 is 19.1 Å². The monoisotopic (exact) mass is 439 g/mol. The van der Waals surface area contributed by atoms with Crippen molar-refractivity contribution in [2.75, 3.05) is 19.0 Å². The number of ether oxygens (including phenoxy) is 2. The molecule has 1 fully saturated rings. The number of benzene rings is 1. The second-order valence-electron chi connectivity index (χ2n) is 7.59. The molecule has 162 valence electrons. The van der Waals surface area contributed by atoms with E-state index in [0.29, 0.717) is 16.3 Å². The summed E-state index contributed by atoms with van der Waals surface area (Å²) in [6.07, 6.45) is 2.49. The molecule has 0 saturated carbocycles. The van der Waals surface area contributed by atoms with Gasteiger partial charge in [0.05, 0.1) is 24.5 Å². The molecule has 0 unspecified atom stereocenters. The van der Waals surface area contributed by atoms with Crippen LogP contribution in [0.5, 0.6) is 0 Å². The number of nitrogens with zero attached hydrogens (tertiary/aromatic N) is 2. The zero-order valence-electron chi connectivity index (χ0n) is 17.8. The molecular formula is C23H25N3O4S. The fourth-order valence-electron chi connectivity index (χ4n) is 3.83. The van der Waals surface area contributed by atoms with Gasteiger partial charge in [-0.1, -0.05) is 0 Å². The van der Waals surface area contributed by atoms with Crippen LogP contribution in [0.25, 0.3) is 11.3 Å². The van der Waals surface area contributed by atoms with E-state index in [1.807, 2.05) is 5.38 Å². The Morgan fingerprint density at radius 2 is 2.00 bits per heavy atom. The number of aryl methyl sites for hydroxylation is 1. The summed E-state index contributed by atoms with van der Waals surface area (Å²) < 4.78 is 12.8. The number of amides is 1. The third-order valence-corrected chi connectivity index (χ3v) is 6.31. The minimum atomic E-state index is -0.436. The zero-order valence-corrected chi connectivity index (χ0v) is 18.6. The molecule has 1 aromatic carbocycles. The van der Waals surface area contributed by atoms with Gasteiger partial charge in [0.25, 0.3) is 5.91 Å². The van der Waals surface area contributed by atoms with Crippen LogP contribution >= 0.6 is 11.3 Å². The van der Waals surface area contributed by atoms with Gasteiger partial charge in [0.2, 0.25) is 0 Å². The number of thiazole rings is 1. The third-order valence-electron chi connectivity index (χ3n) is 5.55. The van der Waals surface area contributed by atoms with Gasteiger partial charge in [-0.2, -0.15) is 0 Å². The van der Waals surface area contributed by atoms with E-state index in [2.05, 4.69) is 39.5 Å². The van der Waals surface area contributed by atoms with Gasteiger partial charge in [-0.25, -0.2) is 9.78 Å². The highest BCUT2D eigenvalue weighted by Gasteiger charge is 2.20. The van der Waals surface area contributed by atoms with Crippen LogP contribution in [0.3, 0.4) is 0 Å². The Labute approximate surface area is 185 Å². The molecule has 31 heavy (non-hydrogen) atoms. The lowest BCUT2D eigenvalue weighted by molar-refractivity contribution is 0.0600. The maximum Gasteiger partial charge on any atom is 0.337 e. The standard InChI is InChI=1S/C23H25N3O4S/c1-14-11-19(15(2)26(14)12-18-5-4-10-30-18)20-13-31-23(24-20)25-21(27)16-6-8-17(9-7-16)22(28)29-3/h6-9,11,13,18H,4-5,10,12H2,1-3H3,(H,24,25,27)/t18-/m1/s1. The van der Waals surface area contributed by atoms with E-state index in [-0.39, 0.29) is 12.0 Å². The first-order chi connectivity index (χ1) is 15.0. The van der Waals surface area contributed by atoms with E-state index < -0.39 is 5.97 Å². The van der Waals surface area contributed by atoms with Gasteiger partial charge in [-0.15, -0.1) is 11.3 Å². The van der Waals surface area contributed by atoms with E-state index in [0.717, 1.165) is 42.9 Å². The van der Waals surface area contributed by atoms with Gasteiger partial charge in [0.1, 0.15) is 0 Å². The summed E-state index contributed by atoms with van der Waals surface area (Å²) in [6, 6.07) is 8.45. The summed E-state index contributed by atoms with van der Waals surface area (Å²) in [7, 11) is 1.32. The van der Waals surface area contributed by atoms with Crippen LogP contribution in [0, 0.1) is 13.8 Å². The first kappa shape index (κ1) is 21.3. The molecule has 1 amide bonds. The van der Waals surface area contributed by atoms with Crippen LogP contribution < -0.4 is 5.32 Å². The summed E-state index contributed by atoms with van der Waals surface area (Å²) in [5, 5.41) is 5.32. The van der Waals surface area contributed by atoms with Crippen LogP contribution in [-0.4, -0.2) is 41.2 Å². The zero-order chi connectivity index (χ0) is 22.0. The second-order valence-corrected chi connectivity index (χ2v) is 8.45. The van der Waals surface area contributed by atoms with Crippen molar-refractivity contribution in [1.82, 2.24) is 9.55 Å².